The van der Waals surface area contributed by atoms with Crippen molar-refractivity contribution in [1.29, 1.82) is 0 Å². The first-order valence-electron chi connectivity index (χ1n) is 6.87. The number of likely N-dealkylation sites (N-methyl/N-ethyl adjacent to an activating group) is 1. The number of nitrogens with one attached hydrogen (secondary N) is 1. The number of benzene rings is 1. The maximum atomic E-state index is 13.9. The number of halogens is 2. The van der Waals surface area contributed by atoms with E-state index >= 15 is 0 Å². The van der Waals surface area contributed by atoms with E-state index in [4.69, 9.17) is 16.3 Å². The minimum atomic E-state index is -0.239. The van der Waals surface area contributed by atoms with E-state index < -0.39 is 0 Å². The number of hydrogen-bond acceptors (Lipinski definition) is 2. The average molecular weight is 286 g/mol. The molecule has 1 aliphatic heterocycles. The highest BCUT2D eigenvalue weighted by atomic mass is 35.5. The first-order valence-corrected chi connectivity index (χ1v) is 7.25. The fourth-order valence-electron chi connectivity index (χ4n) is 2.76. The molecule has 0 aliphatic carbocycles. The second-order valence-electron chi connectivity index (χ2n) is 5.28. The first kappa shape index (κ1) is 14.8. The summed E-state index contributed by atoms with van der Waals surface area (Å²) in [4.78, 5) is 0. The first-order chi connectivity index (χ1) is 9.07. The van der Waals surface area contributed by atoms with Crippen LogP contribution in [0.15, 0.2) is 18.2 Å². The van der Waals surface area contributed by atoms with Crippen LogP contribution in [0, 0.1) is 5.82 Å². The molecule has 1 heterocycles. The molecule has 1 N–H and O–H groups in total. The fourth-order valence-corrected chi connectivity index (χ4v) is 3.00. The lowest BCUT2D eigenvalue weighted by Gasteiger charge is -2.34. The fraction of sp³-hybridized carbons (Fsp3) is 0.600. The van der Waals surface area contributed by atoms with Crippen molar-refractivity contribution in [2.45, 2.75) is 44.8 Å². The summed E-state index contributed by atoms with van der Waals surface area (Å²) in [5.41, 5.74) is 0.341. The molecule has 1 aromatic carbocycles. The van der Waals surface area contributed by atoms with Crippen LogP contribution in [0.1, 0.15) is 32.3 Å². The molecular weight excluding hydrogens is 265 g/mol. The number of hydrogen-bond donors (Lipinski definition) is 1. The molecule has 1 aromatic rings. The summed E-state index contributed by atoms with van der Waals surface area (Å²) in [5, 5.41) is 3.91. The Labute approximate surface area is 119 Å². The van der Waals surface area contributed by atoms with Crippen LogP contribution in [0.2, 0.25) is 5.02 Å². The Morgan fingerprint density at radius 2 is 2.32 bits per heavy atom. The van der Waals surface area contributed by atoms with E-state index in [9.17, 15) is 4.39 Å². The second-order valence-corrected chi connectivity index (χ2v) is 5.69. The zero-order chi connectivity index (χ0) is 13.9. The summed E-state index contributed by atoms with van der Waals surface area (Å²) in [6.45, 7) is 5.76. The van der Waals surface area contributed by atoms with Crippen molar-refractivity contribution in [2.75, 3.05) is 13.2 Å². The van der Waals surface area contributed by atoms with Crippen LogP contribution < -0.4 is 5.32 Å². The summed E-state index contributed by atoms with van der Waals surface area (Å²) in [7, 11) is 0. The van der Waals surface area contributed by atoms with Crippen LogP contribution in [-0.2, 0) is 11.2 Å². The molecule has 0 aromatic heterocycles. The third kappa shape index (κ3) is 3.28. The molecule has 19 heavy (non-hydrogen) atoms. The predicted octanol–water partition coefficient (Wildman–Crippen LogP) is 3.57. The van der Waals surface area contributed by atoms with E-state index in [0.717, 1.165) is 26.0 Å². The standard InChI is InChI=1S/C15H21ClFNO/c1-3-18-14(15(2)8-5-9-19-15)10-11-12(16)6-4-7-13(11)17/h4,6-7,14,18H,3,5,8-10H2,1-2H3. The summed E-state index contributed by atoms with van der Waals surface area (Å²) in [5.74, 6) is -0.239. The maximum absolute atomic E-state index is 13.9. The van der Waals surface area contributed by atoms with Gasteiger partial charge in [0.05, 0.1) is 5.60 Å². The molecule has 0 saturated carbocycles. The SMILES string of the molecule is CCNC(Cc1c(F)cccc1Cl)C1(C)CCCO1. The largest absolute Gasteiger partial charge is 0.374 e. The van der Waals surface area contributed by atoms with Crippen molar-refractivity contribution in [3.05, 3.63) is 34.6 Å². The Morgan fingerprint density at radius 1 is 1.53 bits per heavy atom. The minimum Gasteiger partial charge on any atom is -0.374 e. The van der Waals surface area contributed by atoms with Crippen LogP contribution in [0.5, 0.6) is 0 Å². The van der Waals surface area contributed by atoms with Gasteiger partial charge in [-0.1, -0.05) is 24.6 Å². The Morgan fingerprint density at radius 3 is 2.89 bits per heavy atom. The molecule has 2 unspecified atom stereocenters. The second kappa shape index (κ2) is 6.21. The molecule has 2 atom stereocenters. The lowest BCUT2D eigenvalue weighted by atomic mass is 9.88. The van der Waals surface area contributed by atoms with Crippen LogP contribution in [0.3, 0.4) is 0 Å². The van der Waals surface area contributed by atoms with Gasteiger partial charge in [0, 0.05) is 23.2 Å². The molecular formula is C15H21ClFNO. The molecule has 4 heteroatoms. The molecule has 1 fully saturated rings. The third-order valence-corrected chi connectivity index (χ3v) is 4.26. The van der Waals surface area contributed by atoms with Crippen molar-refractivity contribution in [3.63, 3.8) is 0 Å². The van der Waals surface area contributed by atoms with E-state index in [0.29, 0.717) is 17.0 Å². The van der Waals surface area contributed by atoms with Crippen molar-refractivity contribution < 1.29 is 9.13 Å². The van der Waals surface area contributed by atoms with Crippen molar-refractivity contribution in [2.24, 2.45) is 0 Å². The van der Waals surface area contributed by atoms with E-state index in [1.807, 2.05) is 6.92 Å². The topological polar surface area (TPSA) is 21.3 Å². The lowest BCUT2D eigenvalue weighted by molar-refractivity contribution is -0.0112. The average Bonchev–Trinajstić information content (AvgIpc) is 2.81. The molecule has 2 rings (SSSR count). The van der Waals surface area contributed by atoms with Gasteiger partial charge in [-0.25, -0.2) is 4.39 Å². The molecule has 1 saturated heterocycles. The summed E-state index contributed by atoms with van der Waals surface area (Å²) in [6.07, 6.45) is 2.61. The molecule has 0 amide bonds. The van der Waals surface area contributed by atoms with Crippen molar-refractivity contribution in [1.82, 2.24) is 5.32 Å². The molecule has 0 spiro atoms. The highest BCUT2D eigenvalue weighted by Gasteiger charge is 2.38. The van der Waals surface area contributed by atoms with Gasteiger partial charge in [0.15, 0.2) is 0 Å². The van der Waals surface area contributed by atoms with Gasteiger partial charge in [-0.05, 0) is 44.9 Å². The number of rotatable bonds is 5. The van der Waals surface area contributed by atoms with Crippen LogP contribution in [-0.4, -0.2) is 24.8 Å². The van der Waals surface area contributed by atoms with Crippen LogP contribution in [0.4, 0.5) is 4.39 Å². The van der Waals surface area contributed by atoms with E-state index in [2.05, 4.69) is 12.2 Å². The molecule has 0 radical (unpaired) electrons. The quantitative estimate of drug-likeness (QED) is 0.893. The van der Waals surface area contributed by atoms with Gasteiger partial charge in [0.1, 0.15) is 5.82 Å². The summed E-state index contributed by atoms with van der Waals surface area (Å²) < 4.78 is 19.8. The van der Waals surface area contributed by atoms with E-state index in [1.54, 1.807) is 12.1 Å². The van der Waals surface area contributed by atoms with Gasteiger partial charge in [0.2, 0.25) is 0 Å². The summed E-state index contributed by atoms with van der Waals surface area (Å²) >= 11 is 6.12. The van der Waals surface area contributed by atoms with E-state index in [-0.39, 0.29) is 17.5 Å². The zero-order valence-electron chi connectivity index (χ0n) is 11.5. The Bertz CT molecular complexity index is 412. The summed E-state index contributed by atoms with van der Waals surface area (Å²) in [6, 6.07) is 4.91. The molecule has 1 aliphatic rings. The highest BCUT2D eigenvalue weighted by molar-refractivity contribution is 6.31. The molecule has 106 valence electrons. The zero-order valence-corrected chi connectivity index (χ0v) is 12.3. The van der Waals surface area contributed by atoms with E-state index in [1.165, 1.54) is 6.07 Å². The highest BCUT2D eigenvalue weighted by Crippen LogP contribution is 2.32. The normalized spacial score (nSPS) is 24.6. The Kier molecular flexibility index (Phi) is 4.82. The van der Waals surface area contributed by atoms with Crippen molar-refractivity contribution >= 4 is 11.6 Å². The van der Waals surface area contributed by atoms with Gasteiger partial charge < -0.3 is 10.1 Å². The third-order valence-electron chi connectivity index (χ3n) is 3.91. The molecule has 2 nitrogen and oxygen atoms in total. The van der Waals surface area contributed by atoms with Gasteiger partial charge in [-0.3, -0.25) is 0 Å². The van der Waals surface area contributed by atoms with Crippen LogP contribution >= 0.6 is 11.6 Å². The van der Waals surface area contributed by atoms with Gasteiger partial charge in [0.25, 0.3) is 0 Å². The van der Waals surface area contributed by atoms with Crippen LogP contribution in [0.25, 0.3) is 0 Å². The Hall–Kier alpha value is -0.640. The van der Waals surface area contributed by atoms with Gasteiger partial charge >= 0.3 is 0 Å². The van der Waals surface area contributed by atoms with Gasteiger partial charge in [-0.2, -0.15) is 0 Å². The Balaban J connectivity index is 2.21. The lowest BCUT2D eigenvalue weighted by Crippen LogP contribution is -2.50. The number of ether oxygens (including phenoxy) is 1. The minimum absolute atomic E-state index is 0.0781. The van der Waals surface area contributed by atoms with Gasteiger partial charge in [-0.15, -0.1) is 0 Å². The monoisotopic (exact) mass is 285 g/mol. The molecule has 0 bridgehead atoms. The maximum Gasteiger partial charge on any atom is 0.127 e. The van der Waals surface area contributed by atoms with Crippen molar-refractivity contribution in [3.8, 4) is 0 Å². The smallest absolute Gasteiger partial charge is 0.127 e. The predicted molar refractivity (Wildman–Crippen MR) is 76.2 cm³/mol.